The van der Waals surface area contributed by atoms with Gasteiger partial charge in [-0.05, 0) is 53.9 Å². The standard InChI is InChI=1S/C14H15BrN2O2/c1-14(13(18)19)5-2-6-17(9-14)12-4-3-10(8-16)7-11(12)15/h3-4,7H,2,5-6,9H2,1H3,(H,18,19). The van der Waals surface area contributed by atoms with Gasteiger partial charge in [0.05, 0.1) is 22.7 Å². The molecule has 1 aromatic carbocycles. The summed E-state index contributed by atoms with van der Waals surface area (Å²) in [6, 6.07) is 7.48. The van der Waals surface area contributed by atoms with Crippen molar-refractivity contribution in [3.8, 4) is 6.07 Å². The lowest BCUT2D eigenvalue weighted by Crippen LogP contribution is -2.46. The van der Waals surface area contributed by atoms with Crippen LogP contribution in [0.1, 0.15) is 25.3 Å². The molecule has 1 aliphatic heterocycles. The van der Waals surface area contributed by atoms with Gasteiger partial charge in [-0.3, -0.25) is 4.79 Å². The van der Waals surface area contributed by atoms with E-state index in [0.717, 1.165) is 23.1 Å². The van der Waals surface area contributed by atoms with E-state index >= 15 is 0 Å². The van der Waals surface area contributed by atoms with E-state index < -0.39 is 11.4 Å². The maximum atomic E-state index is 11.4. The van der Waals surface area contributed by atoms with Gasteiger partial charge in [0, 0.05) is 17.6 Å². The van der Waals surface area contributed by atoms with Gasteiger partial charge in [-0.25, -0.2) is 0 Å². The first kappa shape index (κ1) is 13.9. The number of hydrogen-bond acceptors (Lipinski definition) is 3. The molecule has 19 heavy (non-hydrogen) atoms. The third kappa shape index (κ3) is 2.74. The molecule has 1 fully saturated rings. The second kappa shape index (κ2) is 5.22. The van der Waals surface area contributed by atoms with Crippen LogP contribution in [0.15, 0.2) is 22.7 Å². The second-order valence-electron chi connectivity index (χ2n) is 5.17. The average Bonchev–Trinajstić information content (AvgIpc) is 2.38. The van der Waals surface area contributed by atoms with Crippen LogP contribution < -0.4 is 4.90 Å². The number of aliphatic carboxylic acids is 1. The Morgan fingerprint density at radius 2 is 2.32 bits per heavy atom. The highest BCUT2D eigenvalue weighted by molar-refractivity contribution is 9.10. The van der Waals surface area contributed by atoms with E-state index in [9.17, 15) is 9.90 Å². The highest BCUT2D eigenvalue weighted by atomic mass is 79.9. The number of piperidine rings is 1. The normalized spacial score (nSPS) is 22.9. The van der Waals surface area contributed by atoms with E-state index in [1.807, 2.05) is 6.07 Å². The van der Waals surface area contributed by atoms with Crippen LogP contribution >= 0.6 is 15.9 Å². The zero-order chi connectivity index (χ0) is 14.0. The third-order valence-corrected chi connectivity index (χ3v) is 4.27. The molecule has 1 aromatic rings. The van der Waals surface area contributed by atoms with Crippen molar-refractivity contribution in [3.05, 3.63) is 28.2 Å². The lowest BCUT2D eigenvalue weighted by atomic mass is 9.82. The first-order valence-corrected chi connectivity index (χ1v) is 6.93. The van der Waals surface area contributed by atoms with Crippen LogP contribution in [-0.2, 0) is 4.79 Å². The molecule has 0 spiro atoms. The minimum Gasteiger partial charge on any atom is -0.481 e. The molecule has 0 radical (unpaired) electrons. The Morgan fingerprint density at radius 1 is 1.58 bits per heavy atom. The minimum absolute atomic E-state index is 0.493. The van der Waals surface area contributed by atoms with Crippen LogP contribution in [-0.4, -0.2) is 24.2 Å². The van der Waals surface area contributed by atoms with Crippen LogP contribution in [0.25, 0.3) is 0 Å². The zero-order valence-electron chi connectivity index (χ0n) is 10.7. The second-order valence-corrected chi connectivity index (χ2v) is 6.02. The molecular formula is C14H15BrN2O2. The fourth-order valence-electron chi connectivity index (χ4n) is 2.45. The molecule has 2 rings (SSSR count). The van der Waals surface area contributed by atoms with Gasteiger partial charge in [-0.1, -0.05) is 0 Å². The Labute approximate surface area is 120 Å². The Hall–Kier alpha value is -1.54. The van der Waals surface area contributed by atoms with Crippen molar-refractivity contribution in [1.82, 2.24) is 0 Å². The largest absolute Gasteiger partial charge is 0.481 e. The Kier molecular flexibility index (Phi) is 3.81. The minimum atomic E-state index is -0.748. The van der Waals surface area contributed by atoms with Crippen molar-refractivity contribution < 1.29 is 9.90 Å². The summed E-state index contributed by atoms with van der Waals surface area (Å²) < 4.78 is 0.834. The molecule has 1 saturated heterocycles. The van der Waals surface area contributed by atoms with Gasteiger partial charge in [0.15, 0.2) is 0 Å². The number of rotatable bonds is 2. The SMILES string of the molecule is CC1(C(=O)O)CCCN(c2ccc(C#N)cc2Br)C1. The van der Waals surface area contributed by atoms with Gasteiger partial charge in [-0.2, -0.15) is 5.26 Å². The molecule has 100 valence electrons. The monoisotopic (exact) mass is 322 g/mol. The molecular weight excluding hydrogens is 308 g/mol. The molecule has 1 atom stereocenters. The van der Waals surface area contributed by atoms with Crippen LogP contribution in [0.4, 0.5) is 5.69 Å². The third-order valence-electron chi connectivity index (χ3n) is 3.63. The first-order valence-electron chi connectivity index (χ1n) is 6.14. The molecule has 4 nitrogen and oxygen atoms in total. The summed E-state index contributed by atoms with van der Waals surface area (Å²) in [5.74, 6) is -0.748. The predicted octanol–water partition coefficient (Wildman–Crippen LogP) is 3.01. The number of carboxylic acids is 1. The maximum absolute atomic E-state index is 11.4. The Morgan fingerprint density at radius 3 is 2.89 bits per heavy atom. The molecule has 0 aromatic heterocycles. The molecule has 0 bridgehead atoms. The van der Waals surface area contributed by atoms with E-state index in [1.54, 1.807) is 19.1 Å². The van der Waals surface area contributed by atoms with E-state index in [0.29, 0.717) is 18.5 Å². The number of benzene rings is 1. The van der Waals surface area contributed by atoms with E-state index in [2.05, 4.69) is 26.9 Å². The van der Waals surface area contributed by atoms with Crippen LogP contribution in [0.3, 0.4) is 0 Å². The van der Waals surface area contributed by atoms with Crippen LogP contribution in [0, 0.1) is 16.7 Å². The van der Waals surface area contributed by atoms with Crippen molar-refractivity contribution in [1.29, 1.82) is 5.26 Å². The van der Waals surface area contributed by atoms with Crippen molar-refractivity contribution >= 4 is 27.6 Å². The number of halogens is 1. The number of nitriles is 1. The first-order chi connectivity index (χ1) is 8.96. The predicted molar refractivity (Wildman–Crippen MR) is 76.0 cm³/mol. The smallest absolute Gasteiger partial charge is 0.311 e. The molecule has 5 heteroatoms. The van der Waals surface area contributed by atoms with Crippen LogP contribution in [0.5, 0.6) is 0 Å². The number of carbonyl (C=O) groups is 1. The zero-order valence-corrected chi connectivity index (χ0v) is 12.3. The summed E-state index contributed by atoms with van der Waals surface area (Å²) in [4.78, 5) is 13.4. The lowest BCUT2D eigenvalue weighted by molar-refractivity contribution is -0.148. The molecule has 1 heterocycles. The molecule has 0 amide bonds. The van der Waals surface area contributed by atoms with Gasteiger partial charge in [0.2, 0.25) is 0 Å². The van der Waals surface area contributed by atoms with Crippen molar-refractivity contribution in [2.24, 2.45) is 5.41 Å². The average molecular weight is 323 g/mol. The van der Waals surface area contributed by atoms with Gasteiger partial charge in [0.25, 0.3) is 0 Å². The quantitative estimate of drug-likeness (QED) is 0.909. The van der Waals surface area contributed by atoms with E-state index in [4.69, 9.17) is 5.26 Å². The van der Waals surface area contributed by atoms with Gasteiger partial charge in [-0.15, -0.1) is 0 Å². The lowest BCUT2D eigenvalue weighted by Gasteiger charge is -2.39. The molecule has 0 aliphatic carbocycles. The van der Waals surface area contributed by atoms with E-state index in [-0.39, 0.29) is 0 Å². The van der Waals surface area contributed by atoms with E-state index in [1.165, 1.54) is 0 Å². The Bertz CT molecular complexity index is 553. The van der Waals surface area contributed by atoms with Gasteiger partial charge >= 0.3 is 5.97 Å². The number of hydrogen-bond donors (Lipinski definition) is 1. The highest BCUT2D eigenvalue weighted by Gasteiger charge is 2.38. The summed E-state index contributed by atoms with van der Waals surface area (Å²) in [6.45, 7) is 3.12. The summed E-state index contributed by atoms with van der Waals surface area (Å²) in [5.41, 5.74) is 0.839. The van der Waals surface area contributed by atoms with Gasteiger partial charge < -0.3 is 10.0 Å². The molecule has 1 N–H and O–H groups in total. The van der Waals surface area contributed by atoms with Crippen molar-refractivity contribution in [3.63, 3.8) is 0 Å². The summed E-state index contributed by atoms with van der Waals surface area (Å²) in [6.07, 6.45) is 1.56. The Balaban J connectivity index is 2.28. The molecule has 1 aliphatic rings. The number of nitrogens with zero attached hydrogens (tertiary/aromatic N) is 2. The molecule has 0 saturated carbocycles. The summed E-state index contributed by atoms with van der Waals surface area (Å²) >= 11 is 3.46. The fourth-order valence-corrected chi connectivity index (χ4v) is 3.08. The maximum Gasteiger partial charge on any atom is 0.311 e. The summed E-state index contributed by atoms with van der Waals surface area (Å²) in [7, 11) is 0. The van der Waals surface area contributed by atoms with Gasteiger partial charge in [0.1, 0.15) is 0 Å². The number of carboxylic acid groups (broad SMARTS) is 1. The van der Waals surface area contributed by atoms with Crippen LogP contribution in [0.2, 0.25) is 0 Å². The topological polar surface area (TPSA) is 64.3 Å². The number of anilines is 1. The van der Waals surface area contributed by atoms with Crippen molar-refractivity contribution in [2.45, 2.75) is 19.8 Å². The fraction of sp³-hybridized carbons (Fsp3) is 0.429. The summed E-state index contributed by atoms with van der Waals surface area (Å²) in [5, 5.41) is 18.2. The molecule has 1 unspecified atom stereocenters. The highest BCUT2D eigenvalue weighted by Crippen LogP contribution is 2.35. The van der Waals surface area contributed by atoms with Crippen molar-refractivity contribution in [2.75, 3.05) is 18.0 Å².